The van der Waals surface area contributed by atoms with Crippen LogP contribution in [0.1, 0.15) is 30.1 Å². The number of aryl methyl sites for hydroxylation is 1. The molecule has 1 N–H and O–H groups in total. The molecule has 0 heterocycles. The third-order valence-electron chi connectivity index (χ3n) is 3.10. The maximum absolute atomic E-state index is 12.1. The van der Waals surface area contributed by atoms with Gasteiger partial charge in [-0.1, -0.05) is 24.3 Å². The average molecular weight is 242 g/mol. The Bertz CT molecular complexity index is 368. The summed E-state index contributed by atoms with van der Waals surface area (Å²) in [5, 5.41) is 10.1. The second-order valence-electron chi connectivity index (χ2n) is 4.30. The van der Waals surface area contributed by atoms with Gasteiger partial charge in [0.15, 0.2) is 0 Å². The lowest BCUT2D eigenvalue weighted by molar-refractivity contribution is -0.0781. The zero-order chi connectivity index (χ0) is 12.3. The Morgan fingerprint density at radius 2 is 2.12 bits per heavy atom. The summed E-state index contributed by atoms with van der Waals surface area (Å²) in [6.45, 7) is -0.607. The summed E-state index contributed by atoms with van der Waals surface area (Å²) < 4.78 is 29.3. The van der Waals surface area contributed by atoms with Crippen LogP contribution in [-0.4, -0.2) is 24.2 Å². The Balaban J connectivity index is 2.11. The van der Waals surface area contributed by atoms with Gasteiger partial charge in [0.1, 0.15) is 12.7 Å². The topological polar surface area (TPSA) is 29.5 Å². The number of aliphatic hydroxyl groups excluding tert-OH is 1. The van der Waals surface area contributed by atoms with E-state index in [0.29, 0.717) is 6.42 Å². The predicted molar refractivity (Wildman–Crippen MR) is 60.1 cm³/mol. The van der Waals surface area contributed by atoms with Crippen LogP contribution < -0.4 is 0 Å². The molecule has 1 aliphatic carbocycles. The van der Waals surface area contributed by atoms with Gasteiger partial charge in [-0.25, -0.2) is 8.78 Å². The van der Waals surface area contributed by atoms with E-state index in [0.717, 1.165) is 24.0 Å². The Morgan fingerprint density at radius 3 is 2.88 bits per heavy atom. The van der Waals surface area contributed by atoms with E-state index < -0.39 is 25.2 Å². The molecule has 1 aromatic carbocycles. The van der Waals surface area contributed by atoms with E-state index in [-0.39, 0.29) is 0 Å². The van der Waals surface area contributed by atoms with E-state index in [1.807, 2.05) is 24.3 Å². The van der Waals surface area contributed by atoms with Crippen molar-refractivity contribution in [2.45, 2.75) is 37.9 Å². The number of halogens is 2. The van der Waals surface area contributed by atoms with Gasteiger partial charge < -0.3 is 9.84 Å². The molecule has 2 unspecified atom stereocenters. The predicted octanol–water partition coefficient (Wildman–Crippen LogP) is 2.71. The highest BCUT2D eigenvalue weighted by Gasteiger charge is 2.27. The molecule has 0 radical (unpaired) electrons. The number of benzene rings is 1. The Hall–Kier alpha value is -1.00. The van der Waals surface area contributed by atoms with Gasteiger partial charge in [0.25, 0.3) is 6.43 Å². The SMILES string of the molecule is OC1c2ccccc2CCCC1OCC(F)F. The van der Waals surface area contributed by atoms with Crippen molar-refractivity contribution in [1.82, 2.24) is 0 Å². The molecule has 0 saturated heterocycles. The molecule has 0 aliphatic heterocycles. The van der Waals surface area contributed by atoms with Gasteiger partial charge in [0, 0.05) is 0 Å². The maximum Gasteiger partial charge on any atom is 0.261 e. The van der Waals surface area contributed by atoms with Crippen molar-refractivity contribution in [3.63, 3.8) is 0 Å². The second-order valence-corrected chi connectivity index (χ2v) is 4.30. The van der Waals surface area contributed by atoms with Gasteiger partial charge in [0.05, 0.1) is 6.10 Å². The average Bonchev–Trinajstić information content (AvgIpc) is 2.47. The van der Waals surface area contributed by atoms with Crippen molar-refractivity contribution < 1.29 is 18.6 Å². The fraction of sp³-hybridized carbons (Fsp3) is 0.538. The Labute approximate surface area is 99.2 Å². The van der Waals surface area contributed by atoms with E-state index in [2.05, 4.69) is 0 Å². The number of hydrogen-bond acceptors (Lipinski definition) is 2. The molecule has 0 bridgehead atoms. The van der Waals surface area contributed by atoms with Crippen molar-refractivity contribution in [1.29, 1.82) is 0 Å². The first-order chi connectivity index (χ1) is 8.18. The van der Waals surface area contributed by atoms with Crippen molar-refractivity contribution in [2.24, 2.45) is 0 Å². The Kier molecular flexibility index (Phi) is 4.07. The summed E-state index contributed by atoms with van der Waals surface area (Å²) in [6, 6.07) is 7.57. The zero-order valence-corrected chi connectivity index (χ0v) is 9.48. The quantitative estimate of drug-likeness (QED) is 0.826. The third kappa shape index (κ3) is 3.01. The highest BCUT2D eigenvalue weighted by molar-refractivity contribution is 5.30. The molecule has 4 heteroatoms. The lowest BCUT2D eigenvalue weighted by atomic mass is 10.0. The highest BCUT2D eigenvalue weighted by atomic mass is 19.3. The Morgan fingerprint density at radius 1 is 1.35 bits per heavy atom. The molecule has 17 heavy (non-hydrogen) atoms. The van der Waals surface area contributed by atoms with Crippen molar-refractivity contribution in [3.8, 4) is 0 Å². The molecule has 0 saturated carbocycles. The molecule has 0 fully saturated rings. The van der Waals surface area contributed by atoms with Gasteiger partial charge in [-0.2, -0.15) is 0 Å². The van der Waals surface area contributed by atoms with E-state index >= 15 is 0 Å². The van der Waals surface area contributed by atoms with E-state index in [4.69, 9.17) is 4.74 Å². The van der Waals surface area contributed by atoms with Crippen LogP contribution in [0.4, 0.5) is 8.78 Å². The number of ether oxygens (including phenoxy) is 1. The molecule has 1 aliphatic rings. The van der Waals surface area contributed by atoms with Crippen LogP contribution in [0.2, 0.25) is 0 Å². The van der Waals surface area contributed by atoms with Gasteiger partial charge in [-0.05, 0) is 30.4 Å². The first-order valence-electron chi connectivity index (χ1n) is 5.84. The van der Waals surface area contributed by atoms with Crippen LogP contribution in [0, 0.1) is 0 Å². The van der Waals surface area contributed by atoms with E-state index in [1.54, 1.807) is 0 Å². The summed E-state index contributed by atoms with van der Waals surface area (Å²) in [6.07, 6.45) is -1.48. The van der Waals surface area contributed by atoms with Crippen LogP contribution in [0.15, 0.2) is 24.3 Å². The number of aliphatic hydroxyl groups is 1. The minimum atomic E-state index is -2.49. The highest BCUT2D eigenvalue weighted by Crippen LogP contribution is 2.30. The standard InChI is InChI=1S/C13H16F2O2/c14-12(15)8-17-11-7-3-5-9-4-1-2-6-10(9)13(11)16/h1-2,4,6,11-13,16H,3,5,7-8H2. The summed E-state index contributed by atoms with van der Waals surface area (Å²) in [5.74, 6) is 0. The van der Waals surface area contributed by atoms with Crippen LogP contribution in [-0.2, 0) is 11.2 Å². The molecule has 2 rings (SSSR count). The normalized spacial score (nSPS) is 24.5. The minimum Gasteiger partial charge on any atom is -0.386 e. The fourth-order valence-corrected chi connectivity index (χ4v) is 2.27. The van der Waals surface area contributed by atoms with E-state index in [1.165, 1.54) is 0 Å². The zero-order valence-electron chi connectivity index (χ0n) is 9.48. The fourth-order valence-electron chi connectivity index (χ4n) is 2.27. The number of hydrogen-bond donors (Lipinski definition) is 1. The maximum atomic E-state index is 12.1. The molecule has 2 nitrogen and oxygen atoms in total. The molecule has 0 amide bonds. The van der Waals surface area contributed by atoms with Crippen LogP contribution in [0.5, 0.6) is 0 Å². The molecule has 2 atom stereocenters. The molecule has 1 aromatic rings. The summed E-state index contributed by atoms with van der Waals surface area (Å²) in [7, 11) is 0. The van der Waals surface area contributed by atoms with Crippen molar-refractivity contribution in [3.05, 3.63) is 35.4 Å². The second kappa shape index (κ2) is 5.56. The lowest BCUT2D eigenvalue weighted by Gasteiger charge is -2.22. The van der Waals surface area contributed by atoms with Gasteiger partial charge in [-0.3, -0.25) is 0 Å². The number of alkyl halides is 2. The summed E-state index contributed by atoms with van der Waals surface area (Å²) in [5.41, 5.74) is 1.90. The monoisotopic (exact) mass is 242 g/mol. The first kappa shape index (κ1) is 12.5. The molecule has 0 spiro atoms. The van der Waals surface area contributed by atoms with Gasteiger partial charge in [-0.15, -0.1) is 0 Å². The molecule has 94 valence electrons. The first-order valence-corrected chi connectivity index (χ1v) is 5.84. The van der Waals surface area contributed by atoms with Crippen LogP contribution >= 0.6 is 0 Å². The minimum absolute atomic E-state index is 0.521. The largest absolute Gasteiger partial charge is 0.386 e. The van der Waals surface area contributed by atoms with Gasteiger partial charge >= 0.3 is 0 Å². The molecule has 0 aromatic heterocycles. The summed E-state index contributed by atoms with van der Waals surface area (Å²) >= 11 is 0. The smallest absolute Gasteiger partial charge is 0.261 e. The number of rotatable bonds is 3. The van der Waals surface area contributed by atoms with E-state index in [9.17, 15) is 13.9 Å². The lowest BCUT2D eigenvalue weighted by Crippen LogP contribution is -2.24. The van der Waals surface area contributed by atoms with Gasteiger partial charge in [0.2, 0.25) is 0 Å². The van der Waals surface area contributed by atoms with Crippen LogP contribution in [0.25, 0.3) is 0 Å². The van der Waals surface area contributed by atoms with Crippen LogP contribution in [0.3, 0.4) is 0 Å². The third-order valence-corrected chi connectivity index (χ3v) is 3.10. The van der Waals surface area contributed by atoms with Crippen molar-refractivity contribution in [2.75, 3.05) is 6.61 Å². The molecular formula is C13H16F2O2. The summed E-state index contributed by atoms with van der Waals surface area (Å²) in [4.78, 5) is 0. The van der Waals surface area contributed by atoms with Crippen molar-refractivity contribution >= 4 is 0 Å². The number of fused-ring (bicyclic) bond motifs is 1. The molecular weight excluding hydrogens is 226 g/mol.